The van der Waals surface area contributed by atoms with E-state index in [1.54, 1.807) is 0 Å². The molecule has 0 radical (unpaired) electrons. The van der Waals surface area contributed by atoms with E-state index < -0.39 is 0 Å². The summed E-state index contributed by atoms with van der Waals surface area (Å²) < 4.78 is 0. The molecule has 0 aromatic heterocycles. The van der Waals surface area contributed by atoms with Crippen molar-refractivity contribution in [1.29, 1.82) is 0 Å². The minimum atomic E-state index is -0.160. The summed E-state index contributed by atoms with van der Waals surface area (Å²) in [6.07, 6.45) is 7.09. The Hall–Kier alpha value is 0.430. The number of amides is 1. The van der Waals surface area contributed by atoms with E-state index in [0.717, 1.165) is 23.0 Å². The van der Waals surface area contributed by atoms with Crippen LogP contribution in [0.4, 0.5) is 0 Å². The first-order valence-corrected chi connectivity index (χ1v) is 8.27. The number of alkyl halides is 2. The molecule has 0 bridgehead atoms. The van der Waals surface area contributed by atoms with Crippen molar-refractivity contribution in [1.82, 2.24) is 5.32 Å². The van der Waals surface area contributed by atoms with Gasteiger partial charge in [-0.15, -0.1) is 0 Å². The summed E-state index contributed by atoms with van der Waals surface area (Å²) >= 11 is 6.87. The van der Waals surface area contributed by atoms with E-state index in [4.69, 9.17) is 0 Å². The molecule has 1 amide bonds. The monoisotopic (exact) mass is 353 g/mol. The predicted octanol–water partition coefficient (Wildman–Crippen LogP) is 3.62. The zero-order valence-electron chi connectivity index (χ0n) is 9.90. The molecule has 1 rings (SSSR count). The molecule has 0 unspecified atom stereocenters. The molecule has 2 nitrogen and oxygen atoms in total. The van der Waals surface area contributed by atoms with E-state index in [1.165, 1.54) is 25.7 Å². The lowest BCUT2D eigenvalue weighted by molar-refractivity contribution is -0.122. The molecule has 1 fully saturated rings. The van der Waals surface area contributed by atoms with Crippen LogP contribution >= 0.6 is 31.9 Å². The van der Waals surface area contributed by atoms with Gasteiger partial charge in [0.1, 0.15) is 0 Å². The van der Waals surface area contributed by atoms with E-state index in [-0.39, 0.29) is 11.4 Å². The van der Waals surface area contributed by atoms with Crippen molar-refractivity contribution in [3.8, 4) is 0 Å². The summed E-state index contributed by atoms with van der Waals surface area (Å²) in [5, 5.41) is 4.64. The number of carbonyl (C=O) groups excluding carboxylic acids is 1. The van der Waals surface area contributed by atoms with Crippen LogP contribution in [-0.4, -0.2) is 22.1 Å². The number of hydrogen-bond donors (Lipinski definition) is 1. The lowest BCUT2D eigenvalue weighted by Crippen LogP contribution is -2.48. The van der Waals surface area contributed by atoms with E-state index in [9.17, 15) is 4.79 Å². The Balaban J connectivity index is 2.24. The molecule has 4 heteroatoms. The molecule has 0 aromatic carbocycles. The van der Waals surface area contributed by atoms with E-state index >= 15 is 0 Å². The molecule has 0 heterocycles. The average Bonchev–Trinajstić information content (AvgIpc) is 2.79. The predicted molar refractivity (Wildman–Crippen MR) is 75.3 cm³/mol. The van der Waals surface area contributed by atoms with Gasteiger partial charge in [-0.25, -0.2) is 0 Å². The Morgan fingerprint density at radius 3 is 2.38 bits per heavy atom. The average molecular weight is 355 g/mol. The molecular formula is C12H21Br2NO. The van der Waals surface area contributed by atoms with Gasteiger partial charge in [0.15, 0.2) is 0 Å². The third kappa shape index (κ3) is 4.74. The van der Waals surface area contributed by atoms with Crippen molar-refractivity contribution < 1.29 is 4.79 Å². The number of hydrogen-bond acceptors (Lipinski definition) is 1. The van der Waals surface area contributed by atoms with Crippen LogP contribution in [0.5, 0.6) is 0 Å². The van der Waals surface area contributed by atoms with Crippen LogP contribution < -0.4 is 5.32 Å². The molecule has 1 saturated carbocycles. The van der Waals surface area contributed by atoms with Crippen molar-refractivity contribution in [2.24, 2.45) is 5.92 Å². The van der Waals surface area contributed by atoms with Gasteiger partial charge in [-0.05, 0) is 19.3 Å². The first-order chi connectivity index (χ1) is 7.59. The largest absolute Gasteiger partial charge is 0.349 e. The van der Waals surface area contributed by atoms with Crippen LogP contribution in [-0.2, 0) is 4.79 Å². The van der Waals surface area contributed by atoms with Gasteiger partial charge in [0, 0.05) is 17.1 Å². The van der Waals surface area contributed by atoms with E-state index in [2.05, 4.69) is 37.2 Å². The smallest absolute Gasteiger partial charge is 0.220 e. The molecule has 1 aliphatic carbocycles. The van der Waals surface area contributed by atoms with Gasteiger partial charge in [0.05, 0.1) is 5.54 Å². The highest BCUT2D eigenvalue weighted by Crippen LogP contribution is 2.28. The maximum absolute atomic E-state index is 11.8. The highest BCUT2D eigenvalue weighted by atomic mass is 79.9. The Morgan fingerprint density at radius 1 is 1.31 bits per heavy atom. The summed E-state index contributed by atoms with van der Waals surface area (Å²) in [6, 6.07) is 0. The van der Waals surface area contributed by atoms with Gasteiger partial charge in [-0.3, -0.25) is 4.79 Å². The first kappa shape index (κ1) is 14.5. The maximum Gasteiger partial charge on any atom is 0.220 e. The van der Waals surface area contributed by atoms with Crippen LogP contribution in [0.1, 0.15) is 45.4 Å². The van der Waals surface area contributed by atoms with Gasteiger partial charge in [-0.1, -0.05) is 57.5 Å². The zero-order chi connectivity index (χ0) is 12.0. The molecule has 94 valence electrons. The number of carbonyl (C=O) groups is 1. The standard InChI is InChI=1S/C12H21Br2NO/c1-12(8-13,9-14)15-11(16)7-6-10-4-2-3-5-10/h10H,2-9H2,1H3,(H,15,16). The molecule has 0 spiro atoms. The molecule has 0 saturated heterocycles. The fourth-order valence-electron chi connectivity index (χ4n) is 2.14. The molecule has 0 atom stereocenters. The van der Waals surface area contributed by atoms with E-state index in [0.29, 0.717) is 6.42 Å². The minimum absolute atomic E-state index is 0.160. The topological polar surface area (TPSA) is 29.1 Å². The first-order valence-electron chi connectivity index (χ1n) is 6.02. The van der Waals surface area contributed by atoms with Crippen molar-refractivity contribution in [2.75, 3.05) is 10.7 Å². The summed E-state index contributed by atoms with van der Waals surface area (Å²) in [7, 11) is 0. The van der Waals surface area contributed by atoms with Gasteiger partial charge >= 0.3 is 0 Å². The molecule has 1 aliphatic rings. The van der Waals surface area contributed by atoms with Crippen LogP contribution in [0.2, 0.25) is 0 Å². The SMILES string of the molecule is CC(CBr)(CBr)NC(=O)CCC1CCCC1. The third-order valence-corrected chi connectivity index (χ3v) is 5.76. The number of rotatable bonds is 6. The number of halogens is 2. The summed E-state index contributed by atoms with van der Waals surface area (Å²) in [6.45, 7) is 2.05. The fraction of sp³-hybridized carbons (Fsp3) is 0.917. The molecule has 1 N–H and O–H groups in total. The van der Waals surface area contributed by atoms with Crippen molar-refractivity contribution in [2.45, 2.75) is 51.0 Å². The van der Waals surface area contributed by atoms with Crippen LogP contribution in [0, 0.1) is 5.92 Å². The summed E-state index contributed by atoms with van der Waals surface area (Å²) in [5.41, 5.74) is -0.160. The van der Waals surface area contributed by atoms with Gasteiger partial charge in [0.25, 0.3) is 0 Å². The fourth-order valence-corrected chi connectivity index (χ4v) is 3.34. The highest BCUT2D eigenvalue weighted by molar-refractivity contribution is 9.09. The normalized spacial score (nSPS) is 17.7. The number of nitrogens with one attached hydrogen (secondary N) is 1. The molecular weight excluding hydrogens is 334 g/mol. The quantitative estimate of drug-likeness (QED) is 0.725. The lowest BCUT2D eigenvalue weighted by Gasteiger charge is -2.26. The Bertz CT molecular complexity index is 223. The second-order valence-corrected chi connectivity index (χ2v) is 6.19. The lowest BCUT2D eigenvalue weighted by atomic mass is 10.0. The van der Waals surface area contributed by atoms with Crippen molar-refractivity contribution in [3.05, 3.63) is 0 Å². The van der Waals surface area contributed by atoms with E-state index in [1.807, 2.05) is 6.92 Å². The third-order valence-electron chi connectivity index (χ3n) is 3.29. The Kier molecular flexibility index (Phi) is 6.34. The zero-order valence-corrected chi connectivity index (χ0v) is 13.1. The minimum Gasteiger partial charge on any atom is -0.349 e. The van der Waals surface area contributed by atoms with Crippen LogP contribution in [0.15, 0.2) is 0 Å². The molecule has 0 aliphatic heterocycles. The molecule has 16 heavy (non-hydrogen) atoms. The van der Waals surface area contributed by atoms with Crippen LogP contribution in [0.25, 0.3) is 0 Å². The van der Waals surface area contributed by atoms with Gasteiger partial charge in [-0.2, -0.15) is 0 Å². The van der Waals surface area contributed by atoms with Crippen molar-refractivity contribution >= 4 is 37.8 Å². The summed E-state index contributed by atoms with van der Waals surface area (Å²) in [4.78, 5) is 11.8. The maximum atomic E-state index is 11.8. The second kappa shape index (κ2) is 7.00. The van der Waals surface area contributed by atoms with Crippen LogP contribution in [0.3, 0.4) is 0 Å². The van der Waals surface area contributed by atoms with Crippen molar-refractivity contribution in [3.63, 3.8) is 0 Å². The Morgan fingerprint density at radius 2 is 1.88 bits per heavy atom. The summed E-state index contributed by atoms with van der Waals surface area (Å²) in [5.74, 6) is 0.984. The van der Waals surface area contributed by atoms with Gasteiger partial charge in [0.2, 0.25) is 5.91 Å². The highest BCUT2D eigenvalue weighted by Gasteiger charge is 2.24. The van der Waals surface area contributed by atoms with Gasteiger partial charge < -0.3 is 5.32 Å². The second-order valence-electron chi connectivity index (χ2n) is 5.07. The Labute approximate surface area is 115 Å². The molecule has 0 aromatic rings.